The number of ether oxygens (including phenoxy) is 9. The molecule has 0 aromatic carbocycles. The van der Waals surface area contributed by atoms with E-state index in [1.807, 2.05) is 32.9 Å². The van der Waals surface area contributed by atoms with Gasteiger partial charge in [0.05, 0.1) is 36.4 Å². The number of carbonyl (C=O) groups is 3. The number of allylic oxidation sites excluding steroid dienone is 3. The second kappa shape index (κ2) is 16.5. The minimum absolute atomic E-state index is 0.0310. The molecular formula is C47H68O16. The number of rotatable bonds is 2. The van der Waals surface area contributed by atoms with E-state index in [0.29, 0.717) is 57.8 Å². The standard InChI is InChI=1S/C47H68O16/c1-25-9-10-31-33(21-36(56-31)47(54)38(49)27(3)13-19-55-47)57-40(51)28(4)30-8-7-14-45(58-30)16-11-32(59-45)39(50)43(6)23-29(48)37(62-43)34-24-44(41(52)53)17-18-46(60-34,63-44)35-12-15-42(5,61-35)22-26(2)20-25/h9-10,20,26-28,30-39,49-50,54H,7-8,11-19,21-24H2,1-6H3,(H,52,53)/b10-9+,25-20+/t26-,27+,28+,30-,31+,32-,33+,34+,35+,36-,37-,38+,39-,42+,43+,44-,45-,46-,47+/m0/s1. The third-order valence-electron chi connectivity index (χ3n) is 16.0. The number of aliphatic hydroxyl groups is 3. The van der Waals surface area contributed by atoms with E-state index >= 15 is 0 Å². The molecule has 0 aromatic rings. The van der Waals surface area contributed by atoms with Gasteiger partial charge in [0, 0.05) is 38.5 Å². The Kier molecular flexibility index (Phi) is 12.0. The lowest BCUT2D eigenvalue weighted by Crippen LogP contribution is -2.60. The number of esters is 1. The van der Waals surface area contributed by atoms with Crippen molar-refractivity contribution in [2.24, 2.45) is 17.8 Å². The number of carboxylic acids is 1. The molecule has 16 heteroatoms. The van der Waals surface area contributed by atoms with Crippen molar-refractivity contribution >= 4 is 17.7 Å². The zero-order valence-corrected chi connectivity index (χ0v) is 37.5. The highest BCUT2D eigenvalue weighted by Crippen LogP contribution is 2.55. The predicted molar refractivity (Wildman–Crippen MR) is 220 cm³/mol. The molecule has 9 rings (SSSR count). The maximum absolute atomic E-state index is 14.1. The fourth-order valence-electron chi connectivity index (χ4n) is 12.5. The summed E-state index contributed by atoms with van der Waals surface area (Å²) in [6, 6.07) is 0. The highest BCUT2D eigenvalue weighted by molar-refractivity contribution is 5.87. The topological polar surface area (TPSA) is 215 Å². The van der Waals surface area contributed by atoms with Crippen molar-refractivity contribution in [2.75, 3.05) is 6.61 Å². The van der Waals surface area contributed by atoms with Gasteiger partial charge in [-0.25, -0.2) is 4.79 Å². The Bertz CT molecular complexity index is 1860. The van der Waals surface area contributed by atoms with Crippen LogP contribution in [0.3, 0.4) is 0 Å². The van der Waals surface area contributed by atoms with Crippen molar-refractivity contribution in [2.45, 2.75) is 227 Å². The van der Waals surface area contributed by atoms with E-state index in [2.05, 4.69) is 13.0 Å². The molecule has 9 aliphatic rings. The van der Waals surface area contributed by atoms with Crippen LogP contribution in [0.25, 0.3) is 0 Å². The van der Waals surface area contributed by atoms with Gasteiger partial charge in [-0.1, -0.05) is 37.6 Å². The Morgan fingerprint density at radius 2 is 1.59 bits per heavy atom. The zero-order valence-electron chi connectivity index (χ0n) is 37.5. The van der Waals surface area contributed by atoms with E-state index in [9.17, 15) is 34.8 Å². The van der Waals surface area contributed by atoms with Gasteiger partial charge in [-0.05, 0) is 90.9 Å². The molecule has 10 bridgehead atoms. The van der Waals surface area contributed by atoms with Crippen LogP contribution in [-0.4, -0.2) is 140 Å². The van der Waals surface area contributed by atoms with E-state index in [-0.39, 0.29) is 56.3 Å². The Hall–Kier alpha value is -2.35. The van der Waals surface area contributed by atoms with Crippen molar-refractivity contribution in [3.63, 3.8) is 0 Å². The van der Waals surface area contributed by atoms with Crippen molar-refractivity contribution in [1.29, 1.82) is 0 Å². The SMILES string of the molecule is CC1=C\[C@H](C)C[C@@]2(C)CC[C@@H](O2)[C@@]23CC[C@@](C(=O)O)(C[C@@H](O2)[C@H]2O[C@](C)(CC2=O)[C@@H](O)[C@@H]2CC[C@]4(CCC[C@H](O4)[C@@H](C)C(=O)O[C@@H]4C[C@@H]([C@@]5(O)OCC[C@@H](C)[C@H]5O)O[C@@H]4\C=C\1)O2)O3. The quantitative estimate of drug-likeness (QED) is 0.284. The molecule has 9 heterocycles. The second-order valence-electron chi connectivity index (χ2n) is 21.1. The highest BCUT2D eigenvalue weighted by Gasteiger charge is 2.68. The van der Waals surface area contributed by atoms with Crippen LogP contribution in [0.5, 0.6) is 0 Å². The van der Waals surface area contributed by atoms with Crippen LogP contribution < -0.4 is 0 Å². The van der Waals surface area contributed by atoms with Crippen LogP contribution in [0.4, 0.5) is 0 Å². The van der Waals surface area contributed by atoms with Gasteiger partial charge >= 0.3 is 11.9 Å². The lowest BCUT2D eigenvalue weighted by molar-refractivity contribution is -0.358. The van der Waals surface area contributed by atoms with Gasteiger partial charge < -0.3 is 63.1 Å². The van der Waals surface area contributed by atoms with Gasteiger partial charge in [0.2, 0.25) is 5.79 Å². The van der Waals surface area contributed by atoms with Crippen molar-refractivity contribution in [3.05, 3.63) is 23.8 Å². The summed E-state index contributed by atoms with van der Waals surface area (Å²) in [5.74, 6) is -7.29. The number of aliphatic carboxylic acids is 1. The van der Waals surface area contributed by atoms with Crippen LogP contribution >= 0.6 is 0 Å². The van der Waals surface area contributed by atoms with Crippen LogP contribution in [0, 0.1) is 17.8 Å². The molecule has 0 aromatic heterocycles. The summed E-state index contributed by atoms with van der Waals surface area (Å²) in [5, 5.41) is 45.4. The minimum Gasteiger partial charge on any atom is -0.479 e. The van der Waals surface area contributed by atoms with E-state index < -0.39 is 113 Å². The third kappa shape index (κ3) is 8.18. The largest absolute Gasteiger partial charge is 0.479 e. The Balaban J connectivity index is 1.01. The lowest BCUT2D eigenvalue weighted by atomic mass is 9.87. The summed E-state index contributed by atoms with van der Waals surface area (Å²) in [7, 11) is 0. The molecule has 4 N–H and O–H groups in total. The molecule has 2 spiro atoms. The number of Topliss-reactive ketones (excluding diaryl/α,β-unsaturated/α-hetero) is 1. The highest BCUT2D eigenvalue weighted by atomic mass is 16.8. The molecule has 8 fully saturated rings. The average molecular weight is 889 g/mol. The van der Waals surface area contributed by atoms with Crippen molar-refractivity contribution < 1.29 is 77.4 Å². The first-order chi connectivity index (χ1) is 29.7. The smallest absolute Gasteiger partial charge is 0.336 e. The number of carbonyl (C=O) groups excluding carboxylic acids is 2. The molecule has 19 atom stereocenters. The van der Waals surface area contributed by atoms with E-state index in [4.69, 9.17) is 42.6 Å². The fourth-order valence-corrected chi connectivity index (χ4v) is 12.5. The molecule has 0 radical (unpaired) electrons. The predicted octanol–water partition coefficient (Wildman–Crippen LogP) is 4.32. The molecule has 0 aliphatic carbocycles. The Morgan fingerprint density at radius 1 is 0.810 bits per heavy atom. The first-order valence-corrected chi connectivity index (χ1v) is 23.5. The monoisotopic (exact) mass is 888 g/mol. The summed E-state index contributed by atoms with van der Waals surface area (Å²) in [6.07, 6.45) is 2.32. The first kappa shape index (κ1) is 45.8. The maximum Gasteiger partial charge on any atom is 0.336 e. The number of carboxylic acid groups (broad SMARTS) is 1. The first-order valence-electron chi connectivity index (χ1n) is 23.5. The average Bonchev–Trinajstić information content (AvgIpc) is 4.06. The van der Waals surface area contributed by atoms with Gasteiger partial charge in [0.1, 0.15) is 48.3 Å². The Labute approximate surface area is 369 Å². The van der Waals surface area contributed by atoms with Crippen LogP contribution in [0.1, 0.15) is 131 Å². The summed E-state index contributed by atoms with van der Waals surface area (Å²) >= 11 is 0. The molecule has 352 valence electrons. The normalized spacial score (nSPS) is 54.2. The molecule has 0 unspecified atom stereocenters. The molecular weight excluding hydrogens is 821 g/mol. The molecule has 0 amide bonds. The summed E-state index contributed by atoms with van der Waals surface area (Å²) in [5.41, 5.74) is -2.63. The Morgan fingerprint density at radius 3 is 2.37 bits per heavy atom. The fraction of sp³-hybridized carbons (Fsp3) is 0.851. The number of ketones is 1. The van der Waals surface area contributed by atoms with Gasteiger partial charge in [-0.15, -0.1) is 0 Å². The number of hydrogen-bond donors (Lipinski definition) is 4. The van der Waals surface area contributed by atoms with Crippen LogP contribution in [0.2, 0.25) is 0 Å². The summed E-state index contributed by atoms with van der Waals surface area (Å²) in [6.45, 7) is 11.6. The molecule has 63 heavy (non-hydrogen) atoms. The van der Waals surface area contributed by atoms with E-state index in [1.165, 1.54) is 0 Å². The van der Waals surface area contributed by atoms with Crippen LogP contribution in [-0.2, 0) is 57.0 Å². The lowest BCUT2D eigenvalue weighted by Gasteiger charge is -2.46. The summed E-state index contributed by atoms with van der Waals surface area (Å²) in [4.78, 5) is 40.9. The summed E-state index contributed by atoms with van der Waals surface area (Å²) < 4.78 is 58.2. The third-order valence-corrected chi connectivity index (χ3v) is 16.0. The van der Waals surface area contributed by atoms with E-state index in [1.54, 1.807) is 13.8 Å². The molecule has 8 saturated heterocycles. The van der Waals surface area contributed by atoms with Crippen LogP contribution in [0.15, 0.2) is 23.8 Å². The van der Waals surface area contributed by atoms with Gasteiger partial charge in [-0.3, -0.25) is 9.59 Å². The zero-order chi connectivity index (χ0) is 44.9. The molecule has 16 nitrogen and oxygen atoms in total. The van der Waals surface area contributed by atoms with Gasteiger partial charge in [-0.2, -0.15) is 0 Å². The van der Waals surface area contributed by atoms with Crippen molar-refractivity contribution in [1.82, 2.24) is 0 Å². The second-order valence-corrected chi connectivity index (χ2v) is 21.1. The number of hydrogen-bond acceptors (Lipinski definition) is 15. The van der Waals surface area contributed by atoms with E-state index in [0.717, 1.165) is 5.57 Å². The number of fused-ring (bicyclic) bond motifs is 10. The minimum atomic E-state index is -1.99. The molecule has 9 aliphatic heterocycles. The number of aliphatic hydroxyl groups excluding tert-OH is 2. The maximum atomic E-state index is 14.1. The van der Waals surface area contributed by atoms with Crippen molar-refractivity contribution in [3.8, 4) is 0 Å². The van der Waals surface area contributed by atoms with Gasteiger partial charge in [0.25, 0.3) is 0 Å². The molecule has 0 saturated carbocycles. The van der Waals surface area contributed by atoms with Gasteiger partial charge in [0.15, 0.2) is 23.0 Å².